The predicted molar refractivity (Wildman–Crippen MR) is 107 cm³/mol. The average Bonchev–Trinajstić information content (AvgIpc) is 2.68. The lowest BCUT2D eigenvalue weighted by atomic mass is 10.1. The monoisotopic (exact) mass is 426 g/mol. The van der Waals surface area contributed by atoms with Crippen LogP contribution in [-0.4, -0.2) is 45.7 Å². The van der Waals surface area contributed by atoms with Gasteiger partial charge in [0.15, 0.2) is 0 Å². The zero-order chi connectivity index (χ0) is 20.6. The fourth-order valence-corrected chi connectivity index (χ4v) is 4.06. The van der Waals surface area contributed by atoms with Crippen LogP contribution in [0, 0.1) is 0 Å². The normalized spacial score (nSPS) is 12.4. The number of halogens is 1. The molecule has 0 radical (unpaired) electrons. The van der Waals surface area contributed by atoms with E-state index in [1.165, 1.54) is 25.3 Å². The molecule has 0 aliphatic carbocycles. The van der Waals surface area contributed by atoms with Crippen molar-refractivity contribution in [2.24, 2.45) is 0 Å². The van der Waals surface area contributed by atoms with E-state index in [0.29, 0.717) is 12.2 Å². The van der Waals surface area contributed by atoms with E-state index in [1.54, 1.807) is 0 Å². The molecule has 2 aromatic rings. The fourth-order valence-electron chi connectivity index (χ4n) is 2.52. The summed E-state index contributed by atoms with van der Waals surface area (Å²) in [5.41, 5.74) is 0.806. The summed E-state index contributed by atoms with van der Waals surface area (Å²) in [7, 11) is -2.57. The molecule has 2 rings (SSSR count). The van der Waals surface area contributed by atoms with E-state index in [2.05, 4.69) is 10.0 Å². The van der Waals surface area contributed by atoms with E-state index in [0.717, 1.165) is 5.56 Å². The molecular formula is C19H23ClN2O5S. The van der Waals surface area contributed by atoms with Gasteiger partial charge in [0.2, 0.25) is 15.9 Å². The van der Waals surface area contributed by atoms with Gasteiger partial charge in [-0.1, -0.05) is 41.9 Å². The summed E-state index contributed by atoms with van der Waals surface area (Å²) in [6, 6.07) is 12.1. The number of aliphatic hydroxyl groups is 1. The second-order valence-electron chi connectivity index (χ2n) is 6.03. The lowest BCUT2D eigenvalue weighted by molar-refractivity contribution is -0.122. The Morgan fingerprint density at radius 1 is 1.21 bits per heavy atom. The lowest BCUT2D eigenvalue weighted by Crippen LogP contribution is -2.48. The van der Waals surface area contributed by atoms with Crippen LogP contribution in [0.15, 0.2) is 53.4 Å². The van der Waals surface area contributed by atoms with E-state index >= 15 is 0 Å². The van der Waals surface area contributed by atoms with Crippen molar-refractivity contribution in [2.75, 3.05) is 20.3 Å². The Morgan fingerprint density at radius 3 is 2.54 bits per heavy atom. The molecule has 0 saturated carbocycles. The molecule has 0 heterocycles. The first-order valence-electron chi connectivity index (χ1n) is 8.65. The third-order valence-corrected chi connectivity index (χ3v) is 5.73. The van der Waals surface area contributed by atoms with Crippen molar-refractivity contribution in [3.05, 3.63) is 59.1 Å². The van der Waals surface area contributed by atoms with Gasteiger partial charge in [-0.15, -0.1) is 0 Å². The molecule has 9 heteroatoms. The van der Waals surface area contributed by atoms with Gasteiger partial charge in [-0.2, -0.15) is 4.72 Å². The maximum Gasteiger partial charge on any atom is 0.241 e. The number of amides is 1. The van der Waals surface area contributed by atoms with Gasteiger partial charge in [0.05, 0.1) is 17.0 Å². The number of hydrogen-bond acceptors (Lipinski definition) is 5. The first kappa shape index (κ1) is 22.2. The number of carbonyl (C=O) groups is 1. The minimum absolute atomic E-state index is 0.0697. The second-order valence-corrected chi connectivity index (χ2v) is 8.15. The zero-order valence-corrected chi connectivity index (χ0v) is 17.0. The molecular weight excluding hydrogens is 404 g/mol. The Labute approximate surface area is 169 Å². The van der Waals surface area contributed by atoms with Gasteiger partial charge in [0.25, 0.3) is 0 Å². The molecule has 0 saturated heterocycles. The number of benzene rings is 2. The largest absolute Gasteiger partial charge is 0.495 e. The SMILES string of the molecule is COc1ccc(S(=O)(=O)NC(Cc2ccccc2)C(=O)NCCCO)cc1Cl. The predicted octanol–water partition coefficient (Wildman–Crippen LogP) is 1.74. The van der Waals surface area contributed by atoms with Crippen LogP contribution in [0.5, 0.6) is 5.75 Å². The summed E-state index contributed by atoms with van der Waals surface area (Å²) >= 11 is 6.03. The van der Waals surface area contributed by atoms with Crippen LogP contribution in [-0.2, 0) is 21.2 Å². The molecule has 3 N–H and O–H groups in total. The summed E-state index contributed by atoms with van der Waals surface area (Å²) in [5, 5.41) is 11.7. The van der Waals surface area contributed by atoms with Crippen LogP contribution in [0.2, 0.25) is 5.02 Å². The molecule has 152 valence electrons. The maximum absolute atomic E-state index is 12.8. The van der Waals surface area contributed by atoms with Gasteiger partial charge < -0.3 is 15.2 Å². The highest BCUT2D eigenvalue weighted by Gasteiger charge is 2.26. The molecule has 0 aliphatic heterocycles. The van der Waals surface area contributed by atoms with Crippen LogP contribution < -0.4 is 14.8 Å². The van der Waals surface area contributed by atoms with Gasteiger partial charge >= 0.3 is 0 Å². The van der Waals surface area contributed by atoms with E-state index in [4.69, 9.17) is 21.4 Å². The van der Waals surface area contributed by atoms with Crippen molar-refractivity contribution in [1.82, 2.24) is 10.0 Å². The topological polar surface area (TPSA) is 105 Å². The lowest BCUT2D eigenvalue weighted by Gasteiger charge is -2.19. The minimum Gasteiger partial charge on any atom is -0.495 e. The minimum atomic E-state index is -4.00. The summed E-state index contributed by atoms with van der Waals surface area (Å²) in [6.45, 7) is 0.177. The Balaban J connectivity index is 2.24. The van der Waals surface area contributed by atoms with E-state index in [-0.39, 0.29) is 29.5 Å². The van der Waals surface area contributed by atoms with Crippen LogP contribution in [0.4, 0.5) is 0 Å². The van der Waals surface area contributed by atoms with Crippen molar-refractivity contribution in [3.63, 3.8) is 0 Å². The highest BCUT2D eigenvalue weighted by Crippen LogP contribution is 2.27. The van der Waals surface area contributed by atoms with Gasteiger partial charge in [0.1, 0.15) is 11.8 Å². The average molecular weight is 427 g/mol. The quantitative estimate of drug-likeness (QED) is 0.502. The first-order valence-corrected chi connectivity index (χ1v) is 10.5. The van der Waals surface area contributed by atoms with Crippen molar-refractivity contribution in [3.8, 4) is 5.75 Å². The molecule has 1 unspecified atom stereocenters. The molecule has 0 spiro atoms. The van der Waals surface area contributed by atoms with Gasteiger partial charge in [0, 0.05) is 13.2 Å². The van der Waals surface area contributed by atoms with E-state index < -0.39 is 22.0 Å². The number of carbonyl (C=O) groups excluding carboxylic acids is 1. The van der Waals surface area contributed by atoms with Crippen LogP contribution >= 0.6 is 11.6 Å². The Hall–Kier alpha value is -2.13. The summed E-state index contributed by atoms with van der Waals surface area (Å²) in [4.78, 5) is 12.5. The molecule has 2 aromatic carbocycles. The first-order chi connectivity index (χ1) is 13.4. The Morgan fingerprint density at radius 2 is 1.93 bits per heavy atom. The molecule has 0 bridgehead atoms. The van der Waals surface area contributed by atoms with Gasteiger partial charge in [-0.25, -0.2) is 8.42 Å². The number of sulfonamides is 1. The highest BCUT2D eigenvalue weighted by molar-refractivity contribution is 7.89. The van der Waals surface area contributed by atoms with Gasteiger partial charge in [-0.3, -0.25) is 4.79 Å². The number of hydrogen-bond donors (Lipinski definition) is 3. The molecule has 0 aliphatic rings. The molecule has 1 atom stereocenters. The number of methoxy groups -OCH3 is 1. The third-order valence-electron chi connectivity index (χ3n) is 3.96. The van der Waals surface area contributed by atoms with Gasteiger partial charge in [-0.05, 0) is 36.6 Å². The van der Waals surface area contributed by atoms with Crippen molar-refractivity contribution < 1.29 is 23.1 Å². The second kappa shape index (κ2) is 10.4. The Bertz CT molecular complexity index is 890. The van der Waals surface area contributed by atoms with Crippen molar-refractivity contribution in [2.45, 2.75) is 23.8 Å². The van der Waals surface area contributed by atoms with Crippen LogP contribution in [0.25, 0.3) is 0 Å². The van der Waals surface area contributed by atoms with Crippen molar-refractivity contribution >= 4 is 27.5 Å². The van der Waals surface area contributed by atoms with Crippen LogP contribution in [0.1, 0.15) is 12.0 Å². The zero-order valence-electron chi connectivity index (χ0n) is 15.4. The summed E-state index contributed by atoms with van der Waals surface area (Å²) in [6.07, 6.45) is 0.555. The highest BCUT2D eigenvalue weighted by atomic mass is 35.5. The standard InChI is InChI=1S/C19H23ClN2O5S/c1-27-18-9-8-15(13-16(18)20)28(25,26)22-17(19(24)21-10-5-11-23)12-14-6-3-2-4-7-14/h2-4,6-9,13,17,22-23H,5,10-12H2,1H3,(H,21,24). The fraction of sp³-hybridized carbons (Fsp3) is 0.316. The summed E-state index contributed by atoms with van der Waals surface area (Å²) < 4.78 is 33.1. The molecule has 0 fully saturated rings. The van der Waals surface area contributed by atoms with Crippen LogP contribution in [0.3, 0.4) is 0 Å². The summed E-state index contributed by atoms with van der Waals surface area (Å²) in [5.74, 6) is -0.122. The number of nitrogens with one attached hydrogen (secondary N) is 2. The number of ether oxygens (including phenoxy) is 1. The van der Waals surface area contributed by atoms with Crippen molar-refractivity contribution in [1.29, 1.82) is 0 Å². The number of rotatable bonds is 10. The van der Waals surface area contributed by atoms with E-state index in [9.17, 15) is 13.2 Å². The molecule has 28 heavy (non-hydrogen) atoms. The van der Waals surface area contributed by atoms with E-state index in [1.807, 2.05) is 30.3 Å². The molecule has 1 amide bonds. The smallest absolute Gasteiger partial charge is 0.241 e. The molecule has 7 nitrogen and oxygen atoms in total. The molecule has 0 aromatic heterocycles. The third kappa shape index (κ3) is 6.20. The Kier molecular flexibility index (Phi) is 8.25. The number of aliphatic hydroxyl groups excluding tert-OH is 1. The maximum atomic E-state index is 12.8.